The zero-order valence-electron chi connectivity index (χ0n) is 12.2. The first-order valence-electron chi connectivity index (χ1n) is 6.51. The molecule has 1 heterocycles. The van der Waals surface area contributed by atoms with Gasteiger partial charge in [0.25, 0.3) is 0 Å². The number of rotatable bonds is 4. The van der Waals surface area contributed by atoms with Gasteiger partial charge in [-0.25, -0.2) is 4.79 Å². The Morgan fingerprint density at radius 2 is 1.95 bits per heavy atom. The van der Waals surface area contributed by atoms with E-state index in [1.165, 1.54) is 12.1 Å². The quantitative estimate of drug-likeness (QED) is 0.902. The second-order valence-electron chi connectivity index (χ2n) is 4.97. The fourth-order valence-electron chi connectivity index (χ4n) is 2.10. The molecule has 0 saturated heterocycles. The number of carboxylic acid groups (broad SMARTS) is 1. The summed E-state index contributed by atoms with van der Waals surface area (Å²) in [5.41, 5.74) is 3.29. The summed E-state index contributed by atoms with van der Waals surface area (Å²) >= 11 is 0. The summed E-state index contributed by atoms with van der Waals surface area (Å²) in [6.07, 6.45) is 0. The van der Waals surface area contributed by atoms with E-state index in [1.54, 1.807) is 17.7 Å². The van der Waals surface area contributed by atoms with Crippen molar-refractivity contribution in [2.24, 2.45) is 0 Å². The van der Waals surface area contributed by atoms with Crippen LogP contribution in [0.15, 0.2) is 24.3 Å². The van der Waals surface area contributed by atoms with E-state index in [0.717, 1.165) is 11.4 Å². The SMILES string of the molecule is Cc1cc(C)n(CC(=O)Nc2ccc(C(=O)O)cc2C)n1. The van der Waals surface area contributed by atoms with E-state index in [2.05, 4.69) is 10.4 Å². The lowest BCUT2D eigenvalue weighted by Gasteiger charge is -2.10. The van der Waals surface area contributed by atoms with Crippen LogP contribution in [0.5, 0.6) is 0 Å². The Morgan fingerprint density at radius 3 is 2.48 bits per heavy atom. The summed E-state index contributed by atoms with van der Waals surface area (Å²) in [6, 6.07) is 6.49. The average Bonchev–Trinajstić information content (AvgIpc) is 2.70. The number of aryl methyl sites for hydroxylation is 3. The number of carbonyl (C=O) groups excluding carboxylic acids is 1. The van der Waals surface area contributed by atoms with Crippen LogP contribution in [0.2, 0.25) is 0 Å². The molecule has 2 N–H and O–H groups in total. The molecule has 0 fully saturated rings. The number of aromatic carboxylic acids is 1. The molecule has 0 spiro atoms. The van der Waals surface area contributed by atoms with Crippen molar-refractivity contribution in [3.63, 3.8) is 0 Å². The van der Waals surface area contributed by atoms with Crippen LogP contribution in [0, 0.1) is 20.8 Å². The zero-order chi connectivity index (χ0) is 15.6. The molecule has 0 unspecified atom stereocenters. The molecule has 6 nitrogen and oxygen atoms in total. The van der Waals surface area contributed by atoms with Gasteiger partial charge in [0.05, 0.1) is 11.3 Å². The van der Waals surface area contributed by atoms with Gasteiger partial charge in [-0.05, 0) is 50.6 Å². The Bertz CT molecular complexity index is 704. The maximum absolute atomic E-state index is 12.0. The summed E-state index contributed by atoms with van der Waals surface area (Å²) in [5, 5.41) is 15.9. The fourth-order valence-corrected chi connectivity index (χ4v) is 2.10. The minimum absolute atomic E-state index is 0.125. The zero-order valence-corrected chi connectivity index (χ0v) is 12.2. The van der Waals surface area contributed by atoms with Crippen molar-refractivity contribution in [2.45, 2.75) is 27.3 Å². The number of aromatic nitrogens is 2. The van der Waals surface area contributed by atoms with Crippen LogP contribution < -0.4 is 5.32 Å². The van der Waals surface area contributed by atoms with Crippen molar-refractivity contribution in [1.82, 2.24) is 9.78 Å². The third-order valence-corrected chi connectivity index (χ3v) is 3.14. The average molecular weight is 287 g/mol. The Kier molecular flexibility index (Phi) is 4.07. The second-order valence-corrected chi connectivity index (χ2v) is 4.97. The Labute approximate surface area is 122 Å². The van der Waals surface area contributed by atoms with Gasteiger partial charge in [-0.1, -0.05) is 0 Å². The molecule has 0 bridgehead atoms. The maximum atomic E-state index is 12.0. The van der Waals surface area contributed by atoms with E-state index in [1.807, 2.05) is 19.9 Å². The van der Waals surface area contributed by atoms with Gasteiger partial charge in [-0.3, -0.25) is 9.48 Å². The molecule has 21 heavy (non-hydrogen) atoms. The molecular weight excluding hydrogens is 270 g/mol. The maximum Gasteiger partial charge on any atom is 0.335 e. The van der Waals surface area contributed by atoms with Crippen LogP contribution in [0.4, 0.5) is 5.69 Å². The minimum atomic E-state index is -0.987. The van der Waals surface area contributed by atoms with Gasteiger partial charge in [0.15, 0.2) is 0 Å². The highest BCUT2D eigenvalue weighted by atomic mass is 16.4. The summed E-state index contributed by atoms with van der Waals surface area (Å²) in [7, 11) is 0. The molecule has 2 rings (SSSR count). The summed E-state index contributed by atoms with van der Waals surface area (Å²) in [4.78, 5) is 22.9. The molecule has 1 aromatic heterocycles. The predicted octanol–water partition coefficient (Wildman–Crippen LogP) is 2.15. The number of nitrogens with zero attached hydrogens (tertiary/aromatic N) is 2. The number of nitrogens with one attached hydrogen (secondary N) is 1. The van der Waals surface area contributed by atoms with Gasteiger partial charge < -0.3 is 10.4 Å². The second kappa shape index (κ2) is 5.78. The van der Waals surface area contributed by atoms with Crippen LogP contribution in [0.25, 0.3) is 0 Å². The van der Waals surface area contributed by atoms with Crippen LogP contribution in [0.1, 0.15) is 27.3 Å². The van der Waals surface area contributed by atoms with Gasteiger partial charge in [0, 0.05) is 11.4 Å². The van der Waals surface area contributed by atoms with Crippen molar-refractivity contribution in [3.8, 4) is 0 Å². The molecule has 0 atom stereocenters. The lowest BCUT2D eigenvalue weighted by Crippen LogP contribution is -2.20. The lowest BCUT2D eigenvalue weighted by molar-refractivity contribution is -0.116. The number of hydrogen-bond acceptors (Lipinski definition) is 3. The molecule has 0 aliphatic heterocycles. The highest BCUT2D eigenvalue weighted by molar-refractivity contribution is 5.93. The van der Waals surface area contributed by atoms with E-state index in [-0.39, 0.29) is 18.0 Å². The first-order chi connectivity index (χ1) is 9.86. The van der Waals surface area contributed by atoms with Gasteiger partial charge >= 0.3 is 5.97 Å². The molecule has 1 amide bonds. The molecule has 1 aromatic carbocycles. The smallest absolute Gasteiger partial charge is 0.335 e. The molecule has 6 heteroatoms. The van der Waals surface area contributed by atoms with E-state index < -0.39 is 5.97 Å². The number of benzene rings is 1. The highest BCUT2D eigenvalue weighted by Crippen LogP contribution is 2.16. The van der Waals surface area contributed by atoms with E-state index >= 15 is 0 Å². The number of anilines is 1. The number of carbonyl (C=O) groups is 2. The summed E-state index contributed by atoms with van der Waals surface area (Å²) < 4.78 is 1.63. The molecule has 0 aliphatic carbocycles. The van der Waals surface area contributed by atoms with Crippen molar-refractivity contribution in [1.29, 1.82) is 0 Å². The van der Waals surface area contributed by atoms with Gasteiger partial charge in [-0.2, -0.15) is 5.10 Å². The fraction of sp³-hybridized carbons (Fsp3) is 0.267. The van der Waals surface area contributed by atoms with Crippen LogP contribution in [-0.2, 0) is 11.3 Å². The van der Waals surface area contributed by atoms with Crippen LogP contribution in [-0.4, -0.2) is 26.8 Å². The predicted molar refractivity (Wildman–Crippen MR) is 78.5 cm³/mol. The summed E-state index contributed by atoms with van der Waals surface area (Å²) in [5.74, 6) is -1.19. The van der Waals surface area contributed by atoms with Crippen molar-refractivity contribution in [2.75, 3.05) is 5.32 Å². The normalized spacial score (nSPS) is 10.4. The third-order valence-electron chi connectivity index (χ3n) is 3.14. The Morgan fingerprint density at radius 1 is 1.24 bits per heavy atom. The van der Waals surface area contributed by atoms with E-state index in [0.29, 0.717) is 11.3 Å². The topological polar surface area (TPSA) is 84.2 Å². The lowest BCUT2D eigenvalue weighted by atomic mass is 10.1. The first-order valence-corrected chi connectivity index (χ1v) is 6.51. The van der Waals surface area contributed by atoms with Gasteiger partial charge in [-0.15, -0.1) is 0 Å². The largest absolute Gasteiger partial charge is 0.478 e. The van der Waals surface area contributed by atoms with Gasteiger partial charge in [0.2, 0.25) is 5.91 Å². The van der Waals surface area contributed by atoms with Crippen LogP contribution >= 0.6 is 0 Å². The van der Waals surface area contributed by atoms with E-state index in [4.69, 9.17) is 5.11 Å². The molecule has 0 aliphatic rings. The molecule has 110 valence electrons. The van der Waals surface area contributed by atoms with Crippen LogP contribution in [0.3, 0.4) is 0 Å². The molecule has 2 aromatic rings. The third kappa shape index (κ3) is 3.47. The minimum Gasteiger partial charge on any atom is -0.478 e. The highest BCUT2D eigenvalue weighted by Gasteiger charge is 2.10. The number of hydrogen-bond donors (Lipinski definition) is 2. The van der Waals surface area contributed by atoms with E-state index in [9.17, 15) is 9.59 Å². The van der Waals surface area contributed by atoms with Crippen molar-refractivity contribution >= 4 is 17.6 Å². The number of carboxylic acids is 1. The van der Waals surface area contributed by atoms with Crippen molar-refractivity contribution < 1.29 is 14.7 Å². The Balaban J connectivity index is 2.09. The molecule has 0 radical (unpaired) electrons. The standard InChI is InChI=1S/C15H17N3O3/c1-9-6-12(15(20)21)4-5-13(9)16-14(19)8-18-11(3)7-10(2)17-18/h4-7H,8H2,1-3H3,(H,16,19)(H,20,21). The van der Waals surface area contributed by atoms with Gasteiger partial charge in [0.1, 0.15) is 6.54 Å². The molecular formula is C15H17N3O3. The van der Waals surface area contributed by atoms with Crippen molar-refractivity contribution in [3.05, 3.63) is 46.8 Å². The Hall–Kier alpha value is -2.63. The number of amides is 1. The summed E-state index contributed by atoms with van der Waals surface area (Å²) in [6.45, 7) is 5.64. The first kappa shape index (κ1) is 14.8. The molecule has 0 saturated carbocycles. The monoisotopic (exact) mass is 287 g/mol.